The number of hydrazone groups is 1. The monoisotopic (exact) mass is 354 g/mol. The van der Waals surface area contributed by atoms with Crippen LogP contribution in [0.1, 0.15) is 37.4 Å². The van der Waals surface area contributed by atoms with Gasteiger partial charge in [-0.2, -0.15) is 5.10 Å². The second-order valence-electron chi connectivity index (χ2n) is 7.64. The summed E-state index contributed by atoms with van der Waals surface area (Å²) >= 11 is 0. The summed E-state index contributed by atoms with van der Waals surface area (Å²) in [6.45, 7) is 4.17. The number of benzene rings is 3. The first-order valence-corrected chi connectivity index (χ1v) is 9.42. The van der Waals surface area contributed by atoms with Crippen molar-refractivity contribution in [2.75, 3.05) is 0 Å². The third-order valence-corrected chi connectivity index (χ3v) is 5.43. The summed E-state index contributed by atoms with van der Waals surface area (Å²) in [4.78, 5) is 0. The van der Waals surface area contributed by atoms with E-state index in [1.165, 1.54) is 22.3 Å². The molecule has 3 aromatic carbocycles. The van der Waals surface area contributed by atoms with E-state index in [0.717, 1.165) is 17.9 Å². The first-order chi connectivity index (χ1) is 13.1. The van der Waals surface area contributed by atoms with Crippen molar-refractivity contribution in [2.45, 2.75) is 32.0 Å². The van der Waals surface area contributed by atoms with Crippen molar-refractivity contribution in [3.8, 4) is 16.9 Å². The molecular formula is C24H22N2O. The van der Waals surface area contributed by atoms with Gasteiger partial charge in [-0.15, -0.1) is 0 Å². The second-order valence-corrected chi connectivity index (χ2v) is 7.64. The highest BCUT2D eigenvalue weighted by molar-refractivity contribution is 6.02. The van der Waals surface area contributed by atoms with Crippen LogP contribution in [-0.2, 0) is 0 Å². The lowest BCUT2D eigenvalue weighted by atomic mass is 9.94. The molecule has 2 aliphatic heterocycles. The molecule has 3 aromatic rings. The molecule has 3 heteroatoms. The first kappa shape index (κ1) is 16.1. The van der Waals surface area contributed by atoms with Crippen LogP contribution in [0, 0.1) is 0 Å². The lowest BCUT2D eigenvalue weighted by Gasteiger charge is -2.43. The van der Waals surface area contributed by atoms with Crippen LogP contribution in [0.5, 0.6) is 5.75 Å². The van der Waals surface area contributed by atoms with Crippen molar-refractivity contribution in [2.24, 2.45) is 5.10 Å². The molecular weight excluding hydrogens is 332 g/mol. The number of hydrogen-bond donors (Lipinski definition) is 0. The minimum absolute atomic E-state index is 0.230. The summed E-state index contributed by atoms with van der Waals surface area (Å²) in [5.41, 5.74) is 5.52. The molecule has 1 unspecified atom stereocenters. The van der Waals surface area contributed by atoms with Crippen molar-refractivity contribution < 1.29 is 4.74 Å². The van der Waals surface area contributed by atoms with E-state index in [0.29, 0.717) is 0 Å². The molecule has 1 atom stereocenters. The van der Waals surface area contributed by atoms with Crippen LogP contribution < -0.4 is 4.74 Å². The van der Waals surface area contributed by atoms with E-state index in [4.69, 9.17) is 9.84 Å². The van der Waals surface area contributed by atoms with Crippen LogP contribution in [0.2, 0.25) is 0 Å². The van der Waals surface area contributed by atoms with Crippen LogP contribution in [0.3, 0.4) is 0 Å². The highest BCUT2D eigenvalue weighted by Crippen LogP contribution is 2.46. The summed E-state index contributed by atoms with van der Waals surface area (Å²) in [5.74, 6) is 0.972. The molecule has 27 heavy (non-hydrogen) atoms. The predicted molar refractivity (Wildman–Crippen MR) is 109 cm³/mol. The third kappa shape index (κ3) is 2.71. The molecule has 2 heterocycles. The molecule has 0 spiro atoms. The molecule has 134 valence electrons. The number of nitrogens with zero attached hydrogens (tertiary/aromatic N) is 2. The lowest BCUT2D eigenvalue weighted by molar-refractivity contribution is -0.0911. The van der Waals surface area contributed by atoms with Crippen molar-refractivity contribution in [3.05, 3.63) is 90.0 Å². The molecule has 0 bridgehead atoms. The van der Waals surface area contributed by atoms with E-state index in [1.54, 1.807) is 0 Å². The molecule has 0 saturated carbocycles. The number of fused-ring (bicyclic) bond motifs is 3. The highest BCUT2D eigenvalue weighted by Gasteiger charge is 2.44. The summed E-state index contributed by atoms with van der Waals surface area (Å²) in [6, 6.07) is 27.7. The van der Waals surface area contributed by atoms with Gasteiger partial charge in [0.1, 0.15) is 5.75 Å². The molecule has 0 fully saturated rings. The van der Waals surface area contributed by atoms with Gasteiger partial charge in [-0.05, 0) is 36.6 Å². The maximum absolute atomic E-state index is 6.21. The van der Waals surface area contributed by atoms with Crippen LogP contribution in [0.4, 0.5) is 0 Å². The third-order valence-electron chi connectivity index (χ3n) is 5.43. The maximum Gasteiger partial charge on any atom is 0.192 e. The van der Waals surface area contributed by atoms with Gasteiger partial charge in [0.05, 0.1) is 11.8 Å². The first-order valence-electron chi connectivity index (χ1n) is 9.42. The van der Waals surface area contributed by atoms with Gasteiger partial charge >= 0.3 is 0 Å². The Labute approximate surface area is 159 Å². The zero-order chi connectivity index (χ0) is 18.4. The number of rotatable bonds is 2. The molecule has 0 amide bonds. The number of para-hydroxylation sites is 1. The Kier molecular flexibility index (Phi) is 3.57. The molecule has 0 aliphatic carbocycles. The van der Waals surface area contributed by atoms with E-state index in [-0.39, 0.29) is 6.04 Å². The molecule has 2 aliphatic rings. The van der Waals surface area contributed by atoms with Crippen molar-refractivity contribution >= 4 is 5.71 Å². The van der Waals surface area contributed by atoms with E-state index >= 15 is 0 Å². The minimum atomic E-state index is -0.454. The van der Waals surface area contributed by atoms with Gasteiger partial charge in [-0.1, -0.05) is 72.8 Å². The largest absolute Gasteiger partial charge is 0.467 e. The Morgan fingerprint density at radius 2 is 1.44 bits per heavy atom. The highest BCUT2D eigenvalue weighted by atomic mass is 16.5. The van der Waals surface area contributed by atoms with E-state index in [9.17, 15) is 0 Å². The van der Waals surface area contributed by atoms with Gasteiger partial charge in [-0.25, -0.2) is 5.01 Å². The Balaban J connectivity index is 1.48. The van der Waals surface area contributed by atoms with Crippen LogP contribution in [0.15, 0.2) is 84.0 Å². The van der Waals surface area contributed by atoms with E-state index in [2.05, 4.69) is 85.6 Å². The van der Waals surface area contributed by atoms with Crippen molar-refractivity contribution in [1.82, 2.24) is 5.01 Å². The van der Waals surface area contributed by atoms with Crippen molar-refractivity contribution in [3.63, 3.8) is 0 Å². The zero-order valence-corrected chi connectivity index (χ0v) is 15.6. The summed E-state index contributed by atoms with van der Waals surface area (Å²) in [6.07, 6.45) is 0.897. The SMILES string of the molecule is CC1(C)Oc2ccccc2C2CC(c3ccc(-c4ccccc4)cc3)=NN21. The summed E-state index contributed by atoms with van der Waals surface area (Å²) in [7, 11) is 0. The maximum atomic E-state index is 6.21. The molecule has 0 saturated heterocycles. The fourth-order valence-corrected chi connectivity index (χ4v) is 4.07. The Bertz CT molecular complexity index is 1010. The lowest BCUT2D eigenvalue weighted by Crippen LogP contribution is -2.48. The van der Waals surface area contributed by atoms with Gasteiger partial charge in [0.15, 0.2) is 5.72 Å². The standard InChI is InChI=1S/C24H22N2O/c1-24(2)26-22(20-10-6-7-11-23(20)27-24)16-21(25-26)19-14-12-18(13-15-19)17-8-4-3-5-9-17/h3-15,22H,16H2,1-2H3. The van der Waals surface area contributed by atoms with Gasteiger partial charge in [0.2, 0.25) is 0 Å². The fraction of sp³-hybridized carbons (Fsp3) is 0.208. The number of ether oxygens (including phenoxy) is 1. The molecule has 3 nitrogen and oxygen atoms in total. The van der Waals surface area contributed by atoms with Gasteiger partial charge < -0.3 is 4.74 Å². The quantitative estimate of drug-likeness (QED) is 0.595. The van der Waals surface area contributed by atoms with E-state index < -0.39 is 5.72 Å². The van der Waals surface area contributed by atoms with Crippen LogP contribution >= 0.6 is 0 Å². The van der Waals surface area contributed by atoms with Gasteiger partial charge in [0, 0.05) is 12.0 Å². The topological polar surface area (TPSA) is 24.8 Å². The Morgan fingerprint density at radius 3 is 2.22 bits per heavy atom. The Morgan fingerprint density at radius 1 is 0.815 bits per heavy atom. The summed E-state index contributed by atoms with van der Waals surface area (Å²) < 4.78 is 6.21. The van der Waals surface area contributed by atoms with Crippen LogP contribution in [-0.4, -0.2) is 16.4 Å². The minimum Gasteiger partial charge on any atom is -0.467 e. The Hall–Kier alpha value is -3.07. The predicted octanol–water partition coefficient (Wildman–Crippen LogP) is 5.63. The molecule has 0 radical (unpaired) electrons. The second kappa shape index (κ2) is 5.98. The van der Waals surface area contributed by atoms with Crippen LogP contribution in [0.25, 0.3) is 11.1 Å². The number of hydrogen-bond acceptors (Lipinski definition) is 3. The molecule has 0 aromatic heterocycles. The smallest absolute Gasteiger partial charge is 0.192 e. The molecule has 5 rings (SSSR count). The van der Waals surface area contributed by atoms with Crippen molar-refractivity contribution in [1.29, 1.82) is 0 Å². The summed E-state index contributed by atoms with van der Waals surface area (Å²) in [5, 5.41) is 7.08. The zero-order valence-electron chi connectivity index (χ0n) is 15.6. The van der Waals surface area contributed by atoms with E-state index in [1.807, 2.05) is 12.1 Å². The molecule has 0 N–H and O–H groups in total. The average molecular weight is 354 g/mol. The normalized spacial score (nSPS) is 19.7. The fourth-order valence-electron chi connectivity index (χ4n) is 4.07. The van der Waals surface area contributed by atoms with Gasteiger partial charge in [0.25, 0.3) is 0 Å². The van der Waals surface area contributed by atoms with Gasteiger partial charge in [-0.3, -0.25) is 0 Å². The average Bonchev–Trinajstić information content (AvgIpc) is 3.16.